The van der Waals surface area contributed by atoms with Crippen molar-refractivity contribution in [3.63, 3.8) is 0 Å². The molecule has 0 heterocycles. The van der Waals surface area contributed by atoms with Crippen LogP contribution in [0.15, 0.2) is 24.3 Å². The van der Waals surface area contributed by atoms with Gasteiger partial charge in [-0.3, -0.25) is 4.21 Å². The average molecular weight is 298 g/mol. The Morgan fingerprint density at radius 3 is 2.60 bits per heavy atom. The molecule has 0 unspecified atom stereocenters. The number of rotatable bonds is 7. The van der Waals surface area contributed by atoms with Crippen molar-refractivity contribution in [1.29, 1.82) is 0 Å². The Kier molecular flexibility index (Phi) is 7.08. The maximum absolute atomic E-state index is 11.5. The Hall–Kier alpha value is -1.56. The summed E-state index contributed by atoms with van der Waals surface area (Å²) in [6.07, 6.45) is 1.61. The number of ether oxygens (including phenoxy) is 1. The lowest BCUT2D eigenvalue weighted by Gasteiger charge is -2.15. The van der Waals surface area contributed by atoms with Gasteiger partial charge in [-0.05, 0) is 26.0 Å². The highest BCUT2D eigenvalue weighted by Crippen LogP contribution is 2.11. The van der Waals surface area contributed by atoms with Crippen molar-refractivity contribution < 1.29 is 13.7 Å². The molecule has 0 saturated heterocycles. The quantitative estimate of drug-likeness (QED) is 0.800. The molecule has 6 heteroatoms. The Morgan fingerprint density at radius 2 is 2.00 bits per heavy atom. The molecule has 0 spiro atoms. The van der Waals surface area contributed by atoms with Crippen LogP contribution in [0.4, 0.5) is 4.79 Å². The van der Waals surface area contributed by atoms with E-state index in [-0.39, 0.29) is 12.1 Å². The zero-order valence-corrected chi connectivity index (χ0v) is 13.0. The standard InChI is InChI=1S/C14H22N2O3S/c1-11-4-6-13(7-5-11)19-10-12(2)16-14(17)15-8-9-20(3)18/h4-7,12H,8-10H2,1-3H3,(H2,15,16,17)/t12-,20-/m0/s1. The molecule has 1 rings (SSSR count). The molecule has 2 N–H and O–H groups in total. The summed E-state index contributed by atoms with van der Waals surface area (Å²) in [5.41, 5.74) is 1.18. The third-order valence-corrected chi connectivity index (χ3v) is 3.35. The molecule has 0 aliphatic rings. The number of nitrogens with one attached hydrogen (secondary N) is 2. The van der Waals surface area contributed by atoms with Gasteiger partial charge in [0.25, 0.3) is 0 Å². The maximum atomic E-state index is 11.5. The number of aryl methyl sites for hydroxylation is 1. The van der Waals surface area contributed by atoms with Crippen LogP contribution in [0.2, 0.25) is 0 Å². The van der Waals surface area contributed by atoms with Crippen molar-refractivity contribution >= 4 is 16.8 Å². The van der Waals surface area contributed by atoms with Gasteiger partial charge < -0.3 is 15.4 Å². The first kappa shape index (κ1) is 16.5. The highest BCUT2D eigenvalue weighted by Gasteiger charge is 2.07. The first-order valence-electron chi connectivity index (χ1n) is 6.51. The topological polar surface area (TPSA) is 67.4 Å². The lowest BCUT2D eigenvalue weighted by Crippen LogP contribution is -2.44. The van der Waals surface area contributed by atoms with Crippen LogP contribution in [-0.2, 0) is 10.8 Å². The fraction of sp³-hybridized carbons (Fsp3) is 0.500. The van der Waals surface area contributed by atoms with Crippen LogP contribution in [0.25, 0.3) is 0 Å². The van der Waals surface area contributed by atoms with E-state index in [1.54, 1.807) is 6.26 Å². The van der Waals surface area contributed by atoms with Gasteiger partial charge in [-0.25, -0.2) is 4.79 Å². The normalized spacial score (nSPS) is 13.3. The first-order chi connectivity index (χ1) is 9.47. The summed E-state index contributed by atoms with van der Waals surface area (Å²) in [5, 5.41) is 5.41. The van der Waals surface area contributed by atoms with E-state index in [0.717, 1.165) is 5.75 Å². The largest absolute Gasteiger partial charge is 0.491 e. The summed E-state index contributed by atoms with van der Waals surface area (Å²) in [6.45, 7) is 4.68. The van der Waals surface area contributed by atoms with Crippen LogP contribution < -0.4 is 15.4 Å². The van der Waals surface area contributed by atoms with Crippen molar-refractivity contribution in [3.05, 3.63) is 29.8 Å². The third kappa shape index (κ3) is 7.13. The molecule has 0 saturated carbocycles. The third-order valence-electron chi connectivity index (χ3n) is 2.57. The average Bonchev–Trinajstić information content (AvgIpc) is 2.37. The Labute approximate surface area is 122 Å². The van der Waals surface area contributed by atoms with Gasteiger partial charge >= 0.3 is 6.03 Å². The second-order valence-electron chi connectivity index (χ2n) is 4.70. The summed E-state index contributed by atoms with van der Waals surface area (Å²) in [5.74, 6) is 1.24. The summed E-state index contributed by atoms with van der Waals surface area (Å²) >= 11 is 0. The molecule has 112 valence electrons. The molecule has 0 bridgehead atoms. The molecule has 0 aromatic heterocycles. The van der Waals surface area contributed by atoms with E-state index >= 15 is 0 Å². The minimum Gasteiger partial charge on any atom is -0.491 e. The van der Waals surface area contributed by atoms with Crippen LogP contribution >= 0.6 is 0 Å². The van der Waals surface area contributed by atoms with Crippen molar-refractivity contribution in [3.8, 4) is 5.75 Å². The van der Waals surface area contributed by atoms with E-state index in [9.17, 15) is 9.00 Å². The molecular weight excluding hydrogens is 276 g/mol. The lowest BCUT2D eigenvalue weighted by atomic mass is 10.2. The Bertz CT molecular complexity index is 448. The maximum Gasteiger partial charge on any atom is 0.315 e. The van der Waals surface area contributed by atoms with Crippen LogP contribution in [0.1, 0.15) is 12.5 Å². The van der Waals surface area contributed by atoms with E-state index in [4.69, 9.17) is 4.74 Å². The molecule has 0 radical (unpaired) electrons. The van der Waals surface area contributed by atoms with Gasteiger partial charge in [0.2, 0.25) is 0 Å². The number of carbonyl (C=O) groups is 1. The predicted octanol–water partition coefficient (Wildman–Crippen LogP) is 1.44. The monoisotopic (exact) mass is 298 g/mol. The molecule has 0 fully saturated rings. The van der Waals surface area contributed by atoms with Crippen LogP contribution in [0.5, 0.6) is 5.75 Å². The van der Waals surface area contributed by atoms with Gasteiger partial charge in [-0.2, -0.15) is 0 Å². The number of urea groups is 1. The summed E-state index contributed by atoms with van der Waals surface area (Å²) in [7, 11) is -0.892. The SMILES string of the molecule is Cc1ccc(OC[C@H](C)NC(=O)NCC[S@](C)=O)cc1. The van der Waals surface area contributed by atoms with E-state index in [1.807, 2.05) is 38.1 Å². The number of hydrogen-bond donors (Lipinski definition) is 2. The smallest absolute Gasteiger partial charge is 0.315 e. The number of amides is 2. The second kappa shape index (κ2) is 8.58. The Morgan fingerprint density at radius 1 is 1.35 bits per heavy atom. The zero-order chi connectivity index (χ0) is 15.0. The lowest BCUT2D eigenvalue weighted by molar-refractivity contribution is 0.227. The molecule has 5 nitrogen and oxygen atoms in total. The summed E-state index contributed by atoms with van der Waals surface area (Å²) in [6, 6.07) is 7.38. The number of hydrogen-bond acceptors (Lipinski definition) is 3. The first-order valence-corrected chi connectivity index (χ1v) is 8.24. The van der Waals surface area contributed by atoms with Gasteiger partial charge in [0, 0.05) is 29.4 Å². The molecule has 1 aromatic carbocycles. The minimum absolute atomic E-state index is 0.108. The molecule has 2 atom stereocenters. The van der Waals surface area contributed by atoms with Gasteiger partial charge in [-0.1, -0.05) is 17.7 Å². The zero-order valence-electron chi connectivity index (χ0n) is 12.1. The van der Waals surface area contributed by atoms with Gasteiger partial charge in [-0.15, -0.1) is 0 Å². The second-order valence-corrected chi connectivity index (χ2v) is 6.26. The van der Waals surface area contributed by atoms with Crippen molar-refractivity contribution in [1.82, 2.24) is 10.6 Å². The van der Waals surface area contributed by atoms with Gasteiger partial charge in [0.05, 0.1) is 6.04 Å². The summed E-state index contributed by atoms with van der Waals surface area (Å²) in [4.78, 5) is 11.5. The number of carbonyl (C=O) groups excluding carboxylic acids is 1. The van der Waals surface area contributed by atoms with E-state index in [2.05, 4.69) is 10.6 Å². The highest BCUT2D eigenvalue weighted by molar-refractivity contribution is 7.84. The molecule has 20 heavy (non-hydrogen) atoms. The minimum atomic E-state index is -0.892. The van der Waals surface area contributed by atoms with Crippen LogP contribution in [-0.4, -0.2) is 41.4 Å². The fourth-order valence-electron chi connectivity index (χ4n) is 1.48. The van der Waals surface area contributed by atoms with E-state index in [0.29, 0.717) is 18.9 Å². The fourth-order valence-corrected chi connectivity index (χ4v) is 1.87. The van der Waals surface area contributed by atoms with Crippen molar-refractivity contribution in [2.75, 3.05) is 25.2 Å². The predicted molar refractivity (Wildman–Crippen MR) is 81.6 cm³/mol. The number of benzene rings is 1. The van der Waals surface area contributed by atoms with E-state index < -0.39 is 10.8 Å². The molecule has 1 aromatic rings. The van der Waals surface area contributed by atoms with Crippen molar-refractivity contribution in [2.45, 2.75) is 19.9 Å². The van der Waals surface area contributed by atoms with Gasteiger partial charge in [0.1, 0.15) is 12.4 Å². The molecule has 2 amide bonds. The molecule has 0 aliphatic carbocycles. The van der Waals surface area contributed by atoms with Gasteiger partial charge in [0.15, 0.2) is 0 Å². The highest BCUT2D eigenvalue weighted by atomic mass is 32.2. The summed E-state index contributed by atoms with van der Waals surface area (Å²) < 4.78 is 16.4. The van der Waals surface area contributed by atoms with Crippen LogP contribution in [0.3, 0.4) is 0 Å². The molecular formula is C14H22N2O3S. The van der Waals surface area contributed by atoms with Crippen molar-refractivity contribution in [2.24, 2.45) is 0 Å². The Balaban J connectivity index is 2.22. The molecule has 0 aliphatic heterocycles. The van der Waals surface area contributed by atoms with Crippen LogP contribution in [0, 0.1) is 6.92 Å². The van der Waals surface area contributed by atoms with E-state index in [1.165, 1.54) is 5.56 Å².